The number of rotatable bonds is 3. The maximum atomic E-state index is 13.8. The number of piperidine rings is 1. The lowest BCUT2D eigenvalue weighted by Gasteiger charge is -2.34. The molecule has 2 N–H and O–H groups in total. The Balaban J connectivity index is 1.73. The topological polar surface area (TPSA) is 64.3 Å². The second-order valence-corrected chi connectivity index (χ2v) is 6.56. The molecule has 3 heterocycles. The number of alkyl halides is 1. The van der Waals surface area contributed by atoms with Crippen LogP contribution in [0.5, 0.6) is 0 Å². The number of hydrogen-bond donors (Lipinski definition) is 1. The van der Waals surface area contributed by atoms with Crippen LogP contribution in [-0.4, -0.2) is 39.8 Å². The first-order valence-electron chi connectivity index (χ1n) is 8.57. The van der Waals surface area contributed by atoms with E-state index in [1.165, 1.54) is 0 Å². The predicted octanol–water partition coefficient (Wildman–Crippen LogP) is 2.91. The molecule has 26 heavy (non-hydrogen) atoms. The quantitative estimate of drug-likeness (QED) is 0.738. The second-order valence-electron chi connectivity index (χ2n) is 6.56. The van der Waals surface area contributed by atoms with Gasteiger partial charge in [0.15, 0.2) is 5.69 Å². The van der Waals surface area contributed by atoms with Crippen molar-refractivity contribution in [1.29, 1.82) is 0 Å². The lowest BCUT2D eigenvalue weighted by Crippen LogP contribution is -2.50. The summed E-state index contributed by atoms with van der Waals surface area (Å²) in [6.07, 6.45) is 2.92. The molecule has 0 saturated carbocycles. The van der Waals surface area contributed by atoms with Crippen molar-refractivity contribution in [3.8, 4) is 0 Å². The molecular weight excluding hydrogens is 331 g/mol. The highest BCUT2D eigenvalue weighted by molar-refractivity contribution is 5.78. The summed E-state index contributed by atoms with van der Waals surface area (Å²) in [5.41, 5.74) is 9.40. The van der Waals surface area contributed by atoms with E-state index in [1.807, 2.05) is 35.2 Å². The van der Waals surface area contributed by atoms with Gasteiger partial charge in [0.25, 0.3) is 0 Å². The zero-order valence-electron chi connectivity index (χ0n) is 14.2. The molecule has 2 aromatic heterocycles. The van der Waals surface area contributed by atoms with Crippen molar-refractivity contribution in [1.82, 2.24) is 14.5 Å². The molecule has 0 bridgehead atoms. The minimum atomic E-state index is -0.966. The van der Waals surface area contributed by atoms with Gasteiger partial charge in [0.2, 0.25) is 5.95 Å². The van der Waals surface area contributed by atoms with Gasteiger partial charge in [-0.05, 0) is 18.1 Å². The molecule has 1 aliphatic heterocycles. The molecule has 0 radical (unpaired) electrons. The molecule has 1 aromatic carbocycles. The van der Waals surface area contributed by atoms with Crippen LogP contribution in [-0.2, 0) is 6.54 Å². The molecule has 4 rings (SSSR count). The van der Waals surface area contributed by atoms with Gasteiger partial charge in [-0.25, -0.2) is 14.2 Å². The molecule has 6 nitrogen and oxygen atoms in total. The zero-order chi connectivity index (χ0) is 18.1. The fourth-order valence-electron chi connectivity index (χ4n) is 3.36. The number of benzene rings is 1. The van der Waals surface area contributed by atoms with Crippen molar-refractivity contribution in [2.45, 2.75) is 25.2 Å². The van der Waals surface area contributed by atoms with Gasteiger partial charge in [0, 0.05) is 19.3 Å². The highest BCUT2D eigenvalue weighted by Crippen LogP contribution is 2.27. The molecule has 1 aliphatic rings. The number of anilines is 1. The Kier molecular flexibility index (Phi) is 4.27. The van der Waals surface area contributed by atoms with Crippen LogP contribution in [0.15, 0.2) is 42.7 Å². The van der Waals surface area contributed by atoms with Gasteiger partial charge in [-0.2, -0.15) is 0 Å². The third-order valence-electron chi connectivity index (χ3n) is 4.79. The van der Waals surface area contributed by atoms with E-state index >= 15 is 0 Å². The monoisotopic (exact) mass is 350 g/mol. The van der Waals surface area contributed by atoms with E-state index in [2.05, 4.69) is 14.4 Å². The van der Waals surface area contributed by atoms with Crippen LogP contribution >= 0.6 is 0 Å². The standard InChI is InChI=1S/C19H19FN6/c1-22-14-4-2-13(3-5-14)11-26-18-6-8-23-10-17(18)24-19(26)25-9-7-15(20)16(21)12-25/h2-6,8,10,15-16H,7,9,11-12,21H2/t15-,16-/m1/s1. The molecule has 1 saturated heterocycles. The Morgan fingerprint density at radius 3 is 2.81 bits per heavy atom. The molecule has 132 valence electrons. The highest BCUT2D eigenvalue weighted by atomic mass is 19.1. The third kappa shape index (κ3) is 3.00. The van der Waals surface area contributed by atoms with Gasteiger partial charge in [-0.1, -0.05) is 24.3 Å². The summed E-state index contributed by atoms with van der Waals surface area (Å²) < 4.78 is 15.9. The smallest absolute Gasteiger partial charge is 0.206 e. The molecule has 1 fully saturated rings. The van der Waals surface area contributed by atoms with Gasteiger partial charge >= 0.3 is 0 Å². The van der Waals surface area contributed by atoms with E-state index in [1.54, 1.807) is 12.4 Å². The molecule has 7 heteroatoms. The van der Waals surface area contributed by atoms with Crippen molar-refractivity contribution < 1.29 is 4.39 Å². The van der Waals surface area contributed by atoms with Crippen molar-refractivity contribution in [2.24, 2.45) is 5.73 Å². The van der Waals surface area contributed by atoms with Gasteiger partial charge in [0.05, 0.1) is 30.9 Å². The normalized spacial score (nSPS) is 20.3. The van der Waals surface area contributed by atoms with Crippen LogP contribution < -0.4 is 10.6 Å². The summed E-state index contributed by atoms with van der Waals surface area (Å²) in [5.74, 6) is 0.782. The number of imidazole rings is 1. The lowest BCUT2D eigenvalue weighted by atomic mass is 10.1. The Bertz CT molecular complexity index is 958. The number of halogens is 1. The molecule has 3 aromatic rings. The molecule has 0 aliphatic carbocycles. The largest absolute Gasteiger partial charge is 0.340 e. The molecule has 0 spiro atoms. The van der Waals surface area contributed by atoms with E-state index in [0.29, 0.717) is 31.7 Å². The third-order valence-corrected chi connectivity index (χ3v) is 4.79. The van der Waals surface area contributed by atoms with Gasteiger partial charge in [0.1, 0.15) is 11.7 Å². The molecule has 2 atom stereocenters. The van der Waals surface area contributed by atoms with Crippen LogP contribution in [0.1, 0.15) is 12.0 Å². The Morgan fingerprint density at radius 1 is 1.27 bits per heavy atom. The first-order valence-corrected chi connectivity index (χ1v) is 8.57. The number of aromatic nitrogens is 3. The maximum Gasteiger partial charge on any atom is 0.206 e. The van der Waals surface area contributed by atoms with E-state index in [4.69, 9.17) is 17.3 Å². The Hall–Kier alpha value is -2.98. The van der Waals surface area contributed by atoms with E-state index in [-0.39, 0.29) is 0 Å². The minimum absolute atomic E-state index is 0.405. The van der Waals surface area contributed by atoms with Gasteiger partial charge < -0.3 is 15.2 Å². The second kappa shape index (κ2) is 6.73. The van der Waals surface area contributed by atoms with E-state index < -0.39 is 12.2 Å². The Labute approximate surface area is 150 Å². The molecule has 0 unspecified atom stereocenters. The van der Waals surface area contributed by atoms with Crippen LogP contribution in [0.2, 0.25) is 0 Å². The average molecular weight is 350 g/mol. The molecular formula is C19H19FN6. The first-order chi connectivity index (χ1) is 12.7. The maximum absolute atomic E-state index is 13.8. The zero-order valence-corrected chi connectivity index (χ0v) is 14.2. The minimum Gasteiger partial charge on any atom is -0.340 e. The highest BCUT2D eigenvalue weighted by Gasteiger charge is 2.29. The average Bonchev–Trinajstić information content (AvgIpc) is 3.03. The Morgan fingerprint density at radius 2 is 2.08 bits per heavy atom. The van der Waals surface area contributed by atoms with Crippen molar-refractivity contribution in [3.05, 3.63) is 59.7 Å². The fourth-order valence-corrected chi connectivity index (χ4v) is 3.36. The van der Waals surface area contributed by atoms with Crippen molar-refractivity contribution in [2.75, 3.05) is 18.0 Å². The van der Waals surface area contributed by atoms with Crippen molar-refractivity contribution in [3.63, 3.8) is 0 Å². The number of nitrogens with zero attached hydrogens (tertiary/aromatic N) is 5. The van der Waals surface area contributed by atoms with Crippen LogP contribution in [0.25, 0.3) is 15.9 Å². The summed E-state index contributed by atoms with van der Waals surface area (Å²) in [7, 11) is 0. The number of fused-ring (bicyclic) bond motifs is 1. The van der Waals surface area contributed by atoms with Gasteiger partial charge in [-0.3, -0.25) is 4.98 Å². The van der Waals surface area contributed by atoms with Crippen LogP contribution in [0.4, 0.5) is 16.0 Å². The predicted molar refractivity (Wildman–Crippen MR) is 99.0 cm³/mol. The number of hydrogen-bond acceptors (Lipinski definition) is 4. The summed E-state index contributed by atoms with van der Waals surface area (Å²) >= 11 is 0. The summed E-state index contributed by atoms with van der Waals surface area (Å²) in [5, 5.41) is 0. The van der Waals surface area contributed by atoms with E-state index in [9.17, 15) is 4.39 Å². The number of nitrogens with two attached hydrogens (primary N) is 1. The van der Waals surface area contributed by atoms with Gasteiger partial charge in [-0.15, -0.1) is 0 Å². The fraction of sp³-hybridized carbons (Fsp3) is 0.316. The first kappa shape index (κ1) is 16.5. The number of pyridine rings is 1. The molecule has 0 amide bonds. The SMILES string of the molecule is [C-]#[N+]c1ccc(Cn2c(N3CC[C@@H](F)[C@H](N)C3)nc3cnccc32)cc1. The van der Waals surface area contributed by atoms with Crippen LogP contribution in [0, 0.1) is 6.57 Å². The summed E-state index contributed by atoms with van der Waals surface area (Å²) in [6, 6.07) is 8.95. The van der Waals surface area contributed by atoms with Crippen LogP contribution in [0.3, 0.4) is 0 Å². The lowest BCUT2D eigenvalue weighted by molar-refractivity contribution is 0.243. The van der Waals surface area contributed by atoms with Crippen molar-refractivity contribution >= 4 is 22.7 Å². The summed E-state index contributed by atoms with van der Waals surface area (Å²) in [6.45, 7) is 8.71. The van der Waals surface area contributed by atoms with E-state index in [0.717, 1.165) is 22.5 Å². The summed E-state index contributed by atoms with van der Waals surface area (Å²) in [4.78, 5) is 14.4.